The zero-order valence-electron chi connectivity index (χ0n) is 13.7. The quantitative estimate of drug-likeness (QED) is 0.752. The summed E-state index contributed by atoms with van der Waals surface area (Å²) in [7, 11) is 0.455. The fraction of sp³-hybridized carbons (Fsp3) is 0.533. The summed E-state index contributed by atoms with van der Waals surface area (Å²) in [6.07, 6.45) is 1.10. The highest BCUT2D eigenvalue weighted by atomic mass is 32.2. The van der Waals surface area contributed by atoms with Crippen LogP contribution < -0.4 is 14.4 Å². The first-order chi connectivity index (χ1) is 10.8. The molecule has 0 radical (unpaired) electrons. The summed E-state index contributed by atoms with van der Waals surface area (Å²) < 4.78 is 30.9. The van der Waals surface area contributed by atoms with E-state index in [0.29, 0.717) is 18.0 Å². The van der Waals surface area contributed by atoms with E-state index >= 15 is 0 Å². The van der Waals surface area contributed by atoms with Gasteiger partial charge in [0.2, 0.25) is 10.0 Å². The predicted octanol–water partition coefficient (Wildman–Crippen LogP) is 0.282. The fourth-order valence-electron chi connectivity index (χ4n) is 2.37. The second kappa shape index (κ2) is 7.18. The number of nitrogens with one attached hydrogen (secondary N) is 1. The number of hydrogen-bond donors (Lipinski definition) is 1. The molecule has 0 fully saturated rings. The Labute approximate surface area is 137 Å². The van der Waals surface area contributed by atoms with Crippen molar-refractivity contribution in [3.05, 3.63) is 24.3 Å². The van der Waals surface area contributed by atoms with Gasteiger partial charge in [-0.2, -0.15) is 0 Å². The minimum Gasteiger partial charge on any atom is -0.476 e. The zero-order valence-corrected chi connectivity index (χ0v) is 14.5. The summed E-state index contributed by atoms with van der Waals surface area (Å²) in [5, 5.41) is 2.80. The average molecular weight is 341 g/mol. The van der Waals surface area contributed by atoms with E-state index in [9.17, 15) is 13.2 Å². The minimum atomic E-state index is -3.48. The number of amides is 1. The molecule has 1 atom stereocenters. The Morgan fingerprint density at radius 2 is 2.09 bits per heavy atom. The molecule has 1 aliphatic rings. The summed E-state index contributed by atoms with van der Waals surface area (Å²) >= 11 is 0. The van der Waals surface area contributed by atoms with Crippen LogP contribution in [0.15, 0.2) is 24.3 Å². The van der Waals surface area contributed by atoms with E-state index in [4.69, 9.17) is 4.74 Å². The van der Waals surface area contributed by atoms with E-state index in [-0.39, 0.29) is 12.5 Å². The molecule has 1 N–H and O–H groups in total. The first kappa shape index (κ1) is 17.6. The summed E-state index contributed by atoms with van der Waals surface area (Å²) in [4.78, 5) is 14.3. The molecule has 0 aliphatic carbocycles. The summed E-state index contributed by atoms with van der Waals surface area (Å²) in [5.41, 5.74) is 0.464. The lowest BCUT2D eigenvalue weighted by Gasteiger charge is -2.33. The van der Waals surface area contributed by atoms with E-state index in [0.717, 1.165) is 19.2 Å². The van der Waals surface area contributed by atoms with E-state index in [1.54, 1.807) is 24.3 Å². The van der Waals surface area contributed by atoms with Crippen molar-refractivity contribution in [1.82, 2.24) is 10.2 Å². The maximum absolute atomic E-state index is 12.3. The van der Waals surface area contributed by atoms with Crippen LogP contribution in [0.3, 0.4) is 0 Å². The van der Waals surface area contributed by atoms with Gasteiger partial charge in [0.15, 0.2) is 6.10 Å². The van der Waals surface area contributed by atoms with Gasteiger partial charge in [-0.25, -0.2) is 8.42 Å². The van der Waals surface area contributed by atoms with Gasteiger partial charge in [0.05, 0.1) is 18.5 Å². The van der Waals surface area contributed by atoms with Gasteiger partial charge < -0.3 is 15.0 Å². The van der Waals surface area contributed by atoms with Crippen molar-refractivity contribution >= 4 is 21.6 Å². The number of ether oxygens (including phenoxy) is 1. The third-order valence-corrected chi connectivity index (χ3v) is 4.66. The van der Waals surface area contributed by atoms with Crippen molar-refractivity contribution in [3.8, 4) is 5.75 Å². The van der Waals surface area contributed by atoms with Crippen LogP contribution >= 0.6 is 0 Å². The molecule has 0 saturated carbocycles. The van der Waals surface area contributed by atoms with Crippen LogP contribution in [0, 0.1) is 0 Å². The Kier molecular flexibility index (Phi) is 5.48. The van der Waals surface area contributed by atoms with Crippen LogP contribution in [-0.2, 0) is 14.8 Å². The van der Waals surface area contributed by atoms with Crippen LogP contribution in [0.2, 0.25) is 0 Å². The molecule has 0 spiro atoms. The summed E-state index contributed by atoms with van der Waals surface area (Å²) in [6, 6.07) is 6.82. The van der Waals surface area contributed by atoms with E-state index in [1.165, 1.54) is 4.31 Å². The van der Waals surface area contributed by atoms with E-state index in [1.807, 2.05) is 19.0 Å². The van der Waals surface area contributed by atoms with Crippen LogP contribution in [0.4, 0.5) is 5.69 Å². The number of anilines is 1. The number of fused-ring (bicyclic) bond motifs is 1. The van der Waals surface area contributed by atoms with Crippen molar-refractivity contribution in [3.63, 3.8) is 0 Å². The third-order valence-electron chi connectivity index (χ3n) is 3.51. The summed E-state index contributed by atoms with van der Waals surface area (Å²) in [6.45, 7) is 1.37. The van der Waals surface area contributed by atoms with Gasteiger partial charge in [0.1, 0.15) is 5.75 Å². The lowest BCUT2D eigenvalue weighted by molar-refractivity contribution is -0.127. The molecule has 7 nitrogen and oxygen atoms in total. The highest BCUT2D eigenvalue weighted by Crippen LogP contribution is 2.34. The Bertz CT molecular complexity index is 660. The van der Waals surface area contributed by atoms with Crippen molar-refractivity contribution < 1.29 is 17.9 Å². The van der Waals surface area contributed by atoms with Crippen molar-refractivity contribution in [2.24, 2.45) is 0 Å². The van der Waals surface area contributed by atoms with Gasteiger partial charge in [0, 0.05) is 6.54 Å². The Hall–Kier alpha value is -1.80. The highest BCUT2D eigenvalue weighted by Gasteiger charge is 2.34. The second-order valence-corrected chi connectivity index (χ2v) is 7.72. The molecule has 1 aliphatic heterocycles. The van der Waals surface area contributed by atoms with Crippen LogP contribution in [0.1, 0.15) is 6.42 Å². The van der Waals surface area contributed by atoms with Gasteiger partial charge in [-0.05, 0) is 39.2 Å². The molecule has 1 amide bonds. The number of carbonyl (C=O) groups is 1. The van der Waals surface area contributed by atoms with Crippen molar-refractivity contribution in [1.29, 1.82) is 0 Å². The Balaban J connectivity index is 2.06. The maximum atomic E-state index is 12.3. The van der Waals surface area contributed by atoms with Gasteiger partial charge in [-0.1, -0.05) is 12.1 Å². The molecule has 2 rings (SSSR count). The molecule has 0 bridgehead atoms. The normalized spacial score (nSPS) is 17.6. The molecule has 0 saturated heterocycles. The topological polar surface area (TPSA) is 79.0 Å². The van der Waals surface area contributed by atoms with Crippen LogP contribution in [0.5, 0.6) is 5.75 Å². The Morgan fingerprint density at radius 3 is 2.74 bits per heavy atom. The molecule has 1 aromatic rings. The lowest BCUT2D eigenvalue weighted by Crippen LogP contribution is -2.50. The van der Waals surface area contributed by atoms with Gasteiger partial charge in [-0.3, -0.25) is 9.10 Å². The number of para-hydroxylation sites is 2. The molecule has 23 heavy (non-hydrogen) atoms. The molecule has 1 heterocycles. The van der Waals surface area contributed by atoms with E-state index in [2.05, 4.69) is 5.32 Å². The number of rotatable bonds is 6. The van der Waals surface area contributed by atoms with Gasteiger partial charge >= 0.3 is 0 Å². The SMILES string of the molecule is CN(C)CCCNC(=O)[C@H]1CN(S(C)(=O)=O)c2ccccc2O1. The second-order valence-electron chi connectivity index (χ2n) is 5.82. The number of carbonyl (C=O) groups excluding carboxylic acids is 1. The van der Waals surface area contributed by atoms with Gasteiger partial charge in [0.25, 0.3) is 5.91 Å². The molecular formula is C15H23N3O4S. The first-order valence-electron chi connectivity index (χ1n) is 7.45. The third kappa shape index (κ3) is 4.59. The highest BCUT2D eigenvalue weighted by molar-refractivity contribution is 7.92. The Morgan fingerprint density at radius 1 is 1.39 bits per heavy atom. The first-order valence-corrected chi connectivity index (χ1v) is 9.29. The molecule has 8 heteroatoms. The molecule has 128 valence electrons. The maximum Gasteiger partial charge on any atom is 0.263 e. The van der Waals surface area contributed by atoms with E-state index < -0.39 is 16.1 Å². The average Bonchev–Trinajstić information content (AvgIpc) is 2.49. The van der Waals surface area contributed by atoms with Crippen molar-refractivity contribution in [2.45, 2.75) is 12.5 Å². The monoisotopic (exact) mass is 341 g/mol. The largest absolute Gasteiger partial charge is 0.476 e. The number of benzene rings is 1. The number of hydrogen-bond acceptors (Lipinski definition) is 5. The fourth-order valence-corrected chi connectivity index (χ4v) is 3.29. The molecule has 0 unspecified atom stereocenters. The lowest BCUT2D eigenvalue weighted by atomic mass is 10.2. The van der Waals surface area contributed by atoms with Crippen LogP contribution in [0.25, 0.3) is 0 Å². The number of sulfonamides is 1. The number of nitrogens with zero attached hydrogens (tertiary/aromatic N) is 2. The predicted molar refractivity (Wildman–Crippen MR) is 89.2 cm³/mol. The molecular weight excluding hydrogens is 318 g/mol. The van der Waals surface area contributed by atoms with Gasteiger partial charge in [-0.15, -0.1) is 0 Å². The molecule has 0 aromatic heterocycles. The van der Waals surface area contributed by atoms with Crippen molar-refractivity contribution in [2.75, 3.05) is 44.3 Å². The standard InChI is InChI=1S/C15H23N3O4S/c1-17(2)10-6-9-16-15(19)14-11-18(23(3,20)21)12-7-4-5-8-13(12)22-14/h4-5,7-8,14H,6,9-11H2,1-3H3,(H,16,19)/t14-/m1/s1. The van der Waals surface area contributed by atoms with Crippen LogP contribution in [-0.4, -0.2) is 65.3 Å². The minimum absolute atomic E-state index is 0.0185. The summed E-state index contributed by atoms with van der Waals surface area (Å²) in [5.74, 6) is 0.101. The molecule has 1 aromatic carbocycles. The zero-order chi connectivity index (χ0) is 17.0. The smallest absolute Gasteiger partial charge is 0.263 e.